The maximum Gasteiger partial charge on any atom is 0.276 e. The van der Waals surface area contributed by atoms with Crippen molar-refractivity contribution in [3.63, 3.8) is 0 Å². The van der Waals surface area contributed by atoms with Gasteiger partial charge in [-0.2, -0.15) is 13.5 Å². The molecule has 2 unspecified atom stereocenters. The Morgan fingerprint density at radius 3 is 2.70 bits per heavy atom. The van der Waals surface area contributed by atoms with Crippen molar-refractivity contribution in [1.82, 2.24) is 4.83 Å². The lowest BCUT2D eigenvalue weighted by Gasteiger charge is -2.20. The predicted octanol–water partition coefficient (Wildman–Crippen LogP) is 2.84. The van der Waals surface area contributed by atoms with E-state index in [4.69, 9.17) is 0 Å². The average Bonchev–Trinajstić information content (AvgIpc) is 3.09. The van der Waals surface area contributed by atoms with Gasteiger partial charge in [0.05, 0.1) is 4.90 Å². The maximum atomic E-state index is 12.2. The summed E-state index contributed by atoms with van der Waals surface area (Å²) in [6, 6.07) is 6.81. The molecular formula is C15H20N2O2S. The molecule has 2 saturated carbocycles. The van der Waals surface area contributed by atoms with E-state index < -0.39 is 10.0 Å². The van der Waals surface area contributed by atoms with Gasteiger partial charge in [0, 0.05) is 11.1 Å². The molecule has 0 bridgehead atoms. The zero-order valence-electron chi connectivity index (χ0n) is 11.9. The second-order valence-electron chi connectivity index (χ2n) is 6.18. The number of nitrogens with zero attached hydrogens (tertiary/aromatic N) is 1. The third-order valence-corrected chi connectivity index (χ3v) is 5.89. The van der Waals surface area contributed by atoms with Crippen LogP contribution in [-0.4, -0.2) is 14.1 Å². The Bertz CT molecular complexity index is 649. The number of sulfonamides is 1. The summed E-state index contributed by atoms with van der Waals surface area (Å²) >= 11 is 0. The second kappa shape index (κ2) is 4.58. The lowest BCUT2D eigenvalue weighted by atomic mass is 9.88. The van der Waals surface area contributed by atoms with Gasteiger partial charge in [-0.3, -0.25) is 0 Å². The maximum absolute atomic E-state index is 12.2. The molecule has 0 radical (unpaired) electrons. The number of nitrogens with one attached hydrogen (secondary N) is 1. The van der Waals surface area contributed by atoms with E-state index in [-0.39, 0.29) is 10.3 Å². The van der Waals surface area contributed by atoms with Crippen LogP contribution in [0.25, 0.3) is 0 Å². The summed E-state index contributed by atoms with van der Waals surface area (Å²) in [4.78, 5) is 2.67. The molecule has 0 saturated heterocycles. The predicted molar refractivity (Wildman–Crippen MR) is 79.0 cm³/mol. The van der Waals surface area contributed by atoms with Crippen LogP contribution in [0.1, 0.15) is 38.2 Å². The van der Waals surface area contributed by atoms with E-state index in [1.807, 2.05) is 6.92 Å². The van der Waals surface area contributed by atoms with Crippen molar-refractivity contribution < 1.29 is 8.42 Å². The molecule has 0 amide bonds. The molecule has 1 aromatic carbocycles. The van der Waals surface area contributed by atoms with Gasteiger partial charge in [-0.15, -0.1) is 0 Å². The van der Waals surface area contributed by atoms with Gasteiger partial charge in [0.1, 0.15) is 0 Å². The van der Waals surface area contributed by atoms with Crippen LogP contribution in [0.4, 0.5) is 0 Å². The fraction of sp³-hybridized carbons (Fsp3) is 0.533. The van der Waals surface area contributed by atoms with Gasteiger partial charge < -0.3 is 0 Å². The van der Waals surface area contributed by atoms with Crippen molar-refractivity contribution in [3.05, 3.63) is 29.8 Å². The molecule has 0 spiro atoms. The third kappa shape index (κ3) is 2.35. The van der Waals surface area contributed by atoms with Crippen molar-refractivity contribution >= 4 is 15.7 Å². The Labute approximate surface area is 120 Å². The Kier molecular flexibility index (Phi) is 3.12. The fourth-order valence-corrected chi connectivity index (χ4v) is 3.93. The highest BCUT2D eigenvalue weighted by Crippen LogP contribution is 2.59. The van der Waals surface area contributed by atoms with E-state index in [0.29, 0.717) is 5.92 Å². The molecule has 0 aliphatic heterocycles. The van der Waals surface area contributed by atoms with Crippen molar-refractivity contribution in [3.8, 4) is 0 Å². The highest BCUT2D eigenvalue weighted by atomic mass is 32.2. The number of hydrogen-bond acceptors (Lipinski definition) is 3. The molecule has 108 valence electrons. The summed E-state index contributed by atoms with van der Waals surface area (Å²) < 4.78 is 24.4. The number of hydrazone groups is 1. The van der Waals surface area contributed by atoms with Crippen molar-refractivity contribution in [1.29, 1.82) is 0 Å². The van der Waals surface area contributed by atoms with Gasteiger partial charge in [0.15, 0.2) is 0 Å². The van der Waals surface area contributed by atoms with Crippen LogP contribution in [-0.2, 0) is 10.0 Å². The smallest absolute Gasteiger partial charge is 0.200 e. The monoisotopic (exact) mass is 292 g/mol. The topological polar surface area (TPSA) is 58.5 Å². The first-order chi connectivity index (χ1) is 9.42. The lowest BCUT2D eigenvalue weighted by Crippen LogP contribution is -2.26. The van der Waals surface area contributed by atoms with Gasteiger partial charge in [0.2, 0.25) is 0 Å². The summed E-state index contributed by atoms with van der Waals surface area (Å²) in [5.41, 5.74) is 2.20. The Morgan fingerprint density at radius 1 is 1.30 bits per heavy atom. The Balaban J connectivity index is 1.79. The molecule has 1 aromatic rings. The minimum atomic E-state index is -3.55. The molecule has 5 heteroatoms. The van der Waals surface area contributed by atoms with E-state index in [2.05, 4.69) is 16.9 Å². The minimum absolute atomic E-state index is 0.147. The molecule has 0 heterocycles. The van der Waals surface area contributed by atoms with Gasteiger partial charge in [0.25, 0.3) is 10.0 Å². The van der Waals surface area contributed by atoms with Gasteiger partial charge in [-0.25, -0.2) is 4.83 Å². The largest absolute Gasteiger partial charge is 0.276 e. The first-order valence-corrected chi connectivity index (χ1v) is 8.56. The van der Waals surface area contributed by atoms with Gasteiger partial charge >= 0.3 is 0 Å². The minimum Gasteiger partial charge on any atom is -0.200 e. The third-order valence-electron chi connectivity index (χ3n) is 4.67. The summed E-state index contributed by atoms with van der Waals surface area (Å²) in [6.07, 6.45) is 4.42. The van der Waals surface area contributed by atoms with Crippen molar-refractivity contribution in [2.75, 3.05) is 0 Å². The van der Waals surface area contributed by atoms with E-state index in [1.54, 1.807) is 24.3 Å². The molecule has 2 aliphatic rings. The van der Waals surface area contributed by atoms with Crippen LogP contribution in [0.5, 0.6) is 0 Å². The molecule has 1 N–H and O–H groups in total. The zero-order chi connectivity index (χ0) is 14.4. The number of rotatable bonds is 3. The highest BCUT2D eigenvalue weighted by molar-refractivity contribution is 7.89. The summed E-state index contributed by atoms with van der Waals surface area (Å²) in [5, 5.41) is 4.23. The number of benzene rings is 1. The average molecular weight is 292 g/mol. The SMILES string of the molecule is Cc1ccc(S(=O)(=O)N/N=C2\CCCC3CC23C)cc1. The number of hydrogen-bond donors (Lipinski definition) is 1. The molecule has 0 aromatic heterocycles. The van der Waals surface area contributed by atoms with E-state index in [0.717, 1.165) is 30.5 Å². The number of fused-ring (bicyclic) bond motifs is 1. The zero-order valence-corrected chi connectivity index (χ0v) is 12.7. The van der Waals surface area contributed by atoms with Crippen LogP contribution in [0.2, 0.25) is 0 Å². The van der Waals surface area contributed by atoms with Gasteiger partial charge in [-0.1, -0.05) is 24.6 Å². The number of aryl methyl sites for hydroxylation is 1. The van der Waals surface area contributed by atoms with Crippen LogP contribution < -0.4 is 4.83 Å². The Hall–Kier alpha value is -1.36. The van der Waals surface area contributed by atoms with Crippen molar-refractivity contribution in [2.24, 2.45) is 16.4 Å². The molecular weight excluding hydrogens is 272 g/mol. The van der Waals surface area contributed by atoms with Crippen LogP contribution in [0.3, 0.4) is 0 Å². The molecule has 2 fully saturated rings. The first-order valence-electron chi connectivity index (χ1n) is 7.07. The molecule has 3 rings (SSSR count). The Morgan fingerprint density at radius 2 is 2.00 bits per heavy atom. The summed E-state index contributed by atoms with van der Waals surface area (Å²) in [6.45, 7) is 4.12. The lowest BCUT2D eigenvalue weighted by molar-refractivity contribution is 0.537. The van der Waals surface area contributed by atoms with Gasteiger partial charge in [-0.05, 0) is 50.7 Å². The van der Waals surface area contributed by atoms with Crippen molar-refractivity contribution in [2.45, 2.75) is 44.4 Å². The first kappa shape index (κ1) is 13.6. The quantitative estimate of drug-likeness (QED) is 0.871. The molecule has 20 heavy (non-hydrogen) atoms. The fourth-order valence-electron chi connectivity index (χ4n) is 3.10. The molecule has 2 atom stereocenters. The summed E-state index contributed by atoms with van der Waals surface area (Å²) in [7, 11) is -3.55. The molecule has 2 aliphatic carbocycles. The summed E-state index contributed by atoms with van der Waals surface area (Å²) in [5.74, 6) is 0.707. The van der Waals surface area contributed by atoms with Crippen LogP contribution >= 0.6 is 0 Å². The van der Waals surface area contributed by atoms with E-state index in [1.165, 1.54) is 6.42 Å². The van der Waals surface area contributed by atoms with Crippen LogP contribution in [0, 0.1) is 18.3 Å². The van der Waals surface area contributed by atoms with E-state index in [9.17, 15) is 8.42 Å². The van der Waals surface area contributed by atoms with E-state index >= 15 is 0 Å². The molecule has 4 nitrogen and oxygen atoms in total. The van der Waals surface area contributed by atoms with Crippen LogP contribution in [0.15, 0.2) is 34.3 Å². The standard InChI is InChI=1S/C15H20N2O2S/c1-11-6-8-13(9-7-11)20(18,19)17-16-14-5-3-4-12-10-15(12,14)2/h6-9,12,17H,3-5,10H2,1-2H3/b16-14+. The normalized spacial score (nSPS) is 30.9. The second-order valence-corrected chi connectivity index (χ2v) is 7.84. The highest BCUT2D eigenvalue weighted by Gasteiger charge is 2.55.